The van der Waals surface area contributed by atoms with Crippen LogP contribution < -0.4 is 4.74 Å². The van der Waals surface area contributed by atoms with E-state index in [4.69, 9.17) is 9.84 Å². The van der Waals surface area contributed by atoms with E-state index in [-0.39, 0.29) is 12.5 Å². The lowest BCUT2D eigenvalue weighted by molar-refractivity contribution is -0.137. The van der Waals surface area contributed by atoms with Gasteiger partial charge in [-0.05, 0) is 67.6 Å². The van der Waals surface area contributed by atoms with Gasteiger partial charge in [0.15, 0.2) is 0 Å². The molecule has 2 aromatic rings. The fourth-order valence-corrected chi connectivity index (χ4v) is 3.02. The minimum absolute atomic E-state index is 0.0981. The van der Waals surface area contributed by atoms with E-state index in [0.29, 0.717) is 12.2 Å². The molecule has 0 aromatic heterocycles. The molecule has 0 aliphatic carbocycles. The van der Waals surface area contributed by atoms with Gasteiger partial charge < -0.3 is 9.84 Å². The number of carboxylic acids is 1. The molecule has 2 rings (SSSR count). The largest absolute Gasteiger partial charge is 0.490 e. The summed E-state index contributed by atoms with van der Waals surface area (Å²) in [6, 6.07) is 15.7. The van der Waals surface area contributed by atoms with Crippen molar-refractivity contribution in [3.8, 4) is 5.75 Å². The number of rotatable bonds is 13. The van der Waals surface area contributed by atoms with Crippen molar-refractivity contribution >= 4 is 17.3 Å². The lowest BCUT2D eigenvalue weighted by atomic mass is 10.1. The molecule has 2 aromatic carbocycles. The normalized spacial score (nSPS) is 12.2. The maximum atomic E-state index is 10.7. The van der Waals surface area contributed by atoms with Crippen molar-refractivity contribution in [2.45, 2.75) is 71.3 Å². The van der Waals surface area contributed by atoms with Gasteiger partial charge in [-0.15, -0.1) is 0 Å². The number of nitrogens with zero attached hydrogens (tertiary/aromatic N) is 2. The molecule has 0 heterocycles. The number of hydrogen-bond acceptors (Lipinski definition) is 4. The summed E-state index contributed by atoms with van der Waals surface area (Å²) in [6.07, 6.45) is 7.49. The maximum absolute atomic E-state index is 10.7. The highest BCUT2D eigenvalue weighted by Gasteiger charge is 2.10. The van der Waals surface area contributed by atoms with Gasteiger partial charge in [0.2, 0.25) is 0 Å². The Kier molecular flexibility index (Phi) is 9.90. The van der Waals surface area contributed by atoms with Crippen molar-refractivity contribution in [1.29, 1.82) is 0 Å². The van der Waals surface area contributed by atoms with E-state index in [1.165, 1.54) is 31.2 Å². The fraction of sp³-hybridized carbons (Fsp3) is 0.458. The molecule has 1 unspecified atom stereocenters. The number of hydrogen-bond donors (Lipinski definition) is 1. The van der Waals surface area contributed by atoms with Crippen molar-refractivity contribution in [2.75, 3.05) is 0 Å². The van der Waals surface area contributed by atoms with Crippen LogP contribution in [0.3, 0.4) is 0 Å². The number of aryl methyl sites for hydroxylation is 1. The SMILES string of the molecule is CCCCCCc1ccc(N=Nc2ccc(OC(CC)CCC(=O)O)cc2)cc1. The molecule has 0 radical (unpaired) electrons. The number of carbonyl (C=O) groups is 1. The Bertz CT molecular complexity index is 755. The second-order valence-electron chi connectivity index (χ2n) is 7.25. The summed E-state index contributed by atoms with van der Waals surface area (Å²) in [5, 5.41) is 17.4. The number of ether oxygens (including phenoxy) is 1. The Morgan fingerprint density at radius 1 is 0.931 bits per heavy atom. The lowest BCUT2D eigenvalue weighted by Gasteiger charge is -2.16. The van der Waals surface area contributed by atoms with Gasteiger partial charge in [-0.25, -0.2) is 0 Å². The minimum atomic E-state index is -0.799. The fourth-order valence-electron chi connectivity index (χ4n) is 3.02. The monoisotopic (exact) mass is 396 g/mol. The number of carboxylic acid groups (broad SMARTS) is 1. The molecule has 1 atom stereocenters. The Labute approximate surface area is 173 Å². The third-order valence-electron chi connectivity index (χ3n) is 4.81. The van der Waals surface area contributed by atoms with E-state index in [1.807, 2.05) is 43.3 Å². The van der Waals surface area contributed by atoms with E-state index in [9.17, 15) is 4.79 Å². The molecule has 5 nitrogen and oxygen atoms in total. The van der Waals surface area contributed by atoms with Crippen LogP contribution >= 0.6 is 0 Å². The van der Waals surface area contributed by atoms with E-state index in [2.05, 4.69) is 29.3 Å². The average Bonchev–Trinajstić information content (AvgIpc) is 2.74. The summed E-state index contributed by atoms with van der Waals surface area (Å²) in [6.45, 7) is 4.22. The van der Waals surface area contributed by atoms with Crippen molar-refractivity contribution in [3.05, 3.63) is 54.1 Å². The molecular weight excluding hydrogens is 364 g/mol. The van der Waals surface area contributed by atoms with Crippen molar-refractivity contribution in [3.63, 3.8) is 0 Å². The van der Waals surface area contributed by atoms with Crippen molar-refractivity contribution in [1.82, 2.24) is 0 Å². The van der Waals surface area contributed by atoms with Gasteiger partial charge in [0.1, 0.15) is 5.75 Å². The van der Waals surface area contributed by atoms with Gasteiger partial charge in [-0.2, -0.15) is 10.2 Å². The van der Waals surface area contributed by atoms with Crippen molar-refractivity contribution < 1.29 is 14.6 Å². The van der Waals surface area contributed by atoms with E-state index >= 15 is 0 Å². The zero-order valence-electron chi connectivity index (χ0n) is 17.5. The van der Waals surface area contributed by atoms with Crippen LogP contribution in [0.1, 0.15) is 64.4 Å². The van der Waals surface area contributed by atoms with Crippen LogP contribution in [0.2, 0.25) is 0 Å². The van der Waals surface area contributed by atoms with Crippen molar-refractivity contribution in [2.24, 2.45) is 10.2 Å². The maximum Gasteiger partial charge on any atom is 0.303 e. The van der Waals surface area contributed by atoms with Gasteiger partial charge in [-0.1, -0.05) is 45.2 Å². The second-order valence-corrected chi connectivity index (χ2v) is 7.25. The average molecular weight is 397 g/mol. The van der Waals surface area contributed by atoms with Gasteiger partial charge in [0, 0.05) is 6.42 Å². The summed E-state index contributed by atoms with van der Waals surface area (Å²) < 4.78 is 5.86. The van der Waals surface area contributed by atoms with E-state index in [0.717, 1.165) is 24.2 Å². The third-order valence-corrected chi connectivity index (χ3v) is 4.81. The highest BCUT2D eigenvalue weighted by molar-refractivity contribution is 5.66. The number of unbranched alkanes of at least 4 members (excludes halogenated alkanes) is 3. The molecule has 5 heteroatoms. The molecule has 156 valence electrons. The summed E-state index contributed by atoms with van der Waals surface area (Å²) in [5.41, 5.74) is 2.93. The highest BCUT2D eigenvalue weighted by atomic mass is 16.5. The zero-order chi connectivity index (χ0) is 20.9. The Morgan fingerprint density at radius 3 is 2.10 bits per heavy atom. The lowest BCUT2D eigenvalue weighted by Crippen LogP contribution is -2.16. The zero-order valence-corrected chi connectivity index (χ0v) is 17.5. The first-order valence-corrected chi connectivity index (χ1v) is 10.6. The molecule has 1 N–H and O–H groups in total. The molecule has 29 heavy (non-hydrogen) atoms. The van der Waals surface area contributed by atoms with Crippen LogP contribution in [0.4, 0.5) is 11.4 Å². The minimum Gasteiger partial charge on any atom is -0.490 e. The van der Waals surface area contributed by atoms with E-state index in [1.54, 1.807) is 0 Å². The van der Waals surface area contributed by atoms with Crippen LogP contribution in [0.25, 0.3) is 0 Å². The first kappa shape index (κ1) is 22.6. The Morgan fingerprint density at radius 2 is 1.55 bits per heavy atom. The molecule has 0 amide bonds. The summed E-state index contributed by atoms with van der Waals surface area (Å²) in [7, 11) is 0. The Balaban J connectivity index is 1.85. The van der Waals surface area contributed by atoms with Crippen LogP contribution in [-0.2, 0) is 11.2 Å². The first-order chi connectivity index (χ1) is 14.1. The molecule has 0 saturated heterocycles. The molecular formula is C24H32N2O3. The predicted octanol–water partition coefficient (Wildman–Crippen LogP) is 7.25. The number of aliphatic carboxylic acids is 1. The predicted molar refractivity (Wildman–Crippen MR) is 116 cm³/mol. The molecule has 0 saturated carbocycles. The first-order valence-electron chi connectivity index (χ1n) is 10.6. The summed E-state index contributed by atoms with van der Waals surface area (Å²) >= 11 is 0. The summed E-state index contributed by atoms with van der Waals surface area (Å²) in [4.78, 5) is 10.7. The highest BCUT2D eigenvalue weighted by Crippen LogP contribution is 2.23. The molecule has 0 aliphatic heterocycles. The van der Waals surface area contributed by atoms with Crippen LogP contribution in [0.15, 0.2) is 58.8 Å². The molecule has 0 aliphatic rings. The molecule has 0 spiro atoms. The van der Waals surface area contributed by atoms with Gasteiger partial charge >= 0.3 is 5.97 Å². The second kappa shape index (κ2) is 12.7. The van der Waals surface area contributed by atoms with Crippen LogP contribution in [0.5, 0.6) is 5.75 Å². The smallest absolute Gasteiger partial charge is 0.303 e. The third kappa shape index (κ3) is 8.90. The standard InChI is InChI=1S/C24H32N2O3/c1-3-5-6-7-8-19-9-11-20(12-10-19)25-26-21-13-15-23(16-14-21)29-22(4-2)17-18-24(27)28/h9-16,22H,3-8,17-18H2,1-2H3,(H,27,28). The van der Waals surface area contributed by atoms with Crippen LogP contribution in [-0.4, -0.2) is 17.2 Å². The Hall–Kier alpha value is -2.69. The molecule has 0 bridgehead atoms. The number of azo groups is 1. The quantitative estimate of drug-likeness (QED) is 0.286. The van der Waals surface area contributed by atoms with Crippen LogP contribution in [0, 0.1) is 0 Å². The van der Waals surface area contributed by atoms with E-state index < -0.39 is 5.97 Å². The summed E-state index contributed by atoms with van der Waals surface area (Å²) in [5.74, 6) is -0.0825. The van der Waals surface area contributed by atoms with Gasteiger partial charge in [0.25, 0.3) is 0 Å². The van der Waals surface area contributed by atoms with Gasteiger partial charge in [0.05, 0.1) is 17.5 Å². The molecule has 0 fully saturated rings. The van der Waals surface area contributed by atoms with Gasteiger partial charge in [-0.3, -0.25) is 4.79 Å². The number of benzene rings is 2. The topological polar surface area (TPSA) is 71.2 Å².